The van der Waals surface area contributed by atoms with E-state index in [9.17, 15) is 0 Å². The molecular weight excluding hydrogens is 230 g/mol. The van der Waals surface area contributed by atoms with Crippen LogP contribution in [0.3, 0.4) is 0 Å². The van der Waals surface area contributed by atoms with Crippen LogP contribution in [0.5, 0.6) is 0 Å². The van der Waals surface area contributed by atoms with Crippen molar-refractivity contribution in [1.82, 2.24) is 14.8 Å². The van der Waals surface area contributed by atoms with Crippen LogP contribution in [0.2, 0.25) is 0 Å². The lowest BCUT2D eigenvalue weighted by atomic mass is 10.1. The van der Waals surface area contributed by atoms with E-state index in [1.165, 1.54) is 56.3 Å². The van der Waals surface area contributed by atoms with Gasteiger partial charge in [0.15, 0.2) is 0 Å². The van der Waals surface area contributed by atoms with Crippen LogP contribution in [0, 0.1) is 6.92 Å². The van der Waals surface area contributed by atoms with Crippen LogP contribution >= 0.6 is 11.3 Å². The number of nitrogens with zero attached hydrogens (tertiary/aromatic N) is 3. The molecule has 0 spiro atoms. The Kier molecular flexibility index (Phi) is 3.45. The highest BCUT2D eigenvalue weighted by molar-refractivity contribution is 7.09. The second-order valence-corrected chi connectivity index (χ2v) is 6.30. The van der Waals surface area contributed by atoms with Gasteiger partial charge >= 0.3 is 0 Å². The molecule has 2 saturated heterocycles. The molecule has 0 N–H and O–H groups in total. The average Bonchev–Trinajstić information content (AvgIpc) is 2.94. The molecule has 0 radical (unpaired) electrons. The first-order valence-corrected chi connectivity index (χ1v) is 7.56. The Morgan fingerprint density at radius 1 is 1.41 bits per heavy atom. The van der Waals surface area contributed by atoms with Gasteiger partial charge in [-0.3, -0.25) is 4.90 Å². The molecule has 0 saturated carbocycles. The Balaban J connectivity index is 1.49. The third-order valence-corrected chi connectivity index (χ3v) is 4.84. The van der Waals surface area contributed by atoms with Gasteiger partial charge in [0.05, 0.1) is 10.7 Å². The van der Waals surface area contributed by atoms with E-state index in [0.717, 1.165) is 12.5 Å². The van der Waals surface area contributed by atoms with Crippen molar-refractivity contribution in [2.75, 3.05) is 32.7 Å². The van der Waals surface area contributed by atoms with Gasteiger partial charge in [0.25, 0.3) is 0 Å². The predicted octanol–water partition coefficient (Wildman–Crippen LogP) is 1.77. The fraction of sp³-hybridized carbons (Fsp3) is 0.769. The zero-order valence-corrected chi connectivity index (χ0v) is 11.4. The molecule has 0 amide bonds. The maximum Gasteiger partial charge on any atom is 0.0897 e. The van der Waals surface area contributed by atoms with Gasteiger partial charge in [-0.05, 0) is 26.3 Å². The number of aromatic nitrogens is 1. The first-order valence-electron chi connectivity index (χ1n) is 6.69. The van der Waals surface area contributed by atoms with Gasteiger partial charge in [0.1, 0.15) is 0 Å². The quantitative estimate of drug-likeness (QED) is 0.816. The molecule has 3 rings (SSSR count). The van der Waals surface area contributed by atoms with Gasteiger partial charge in [0.2, 0.25) is 0 Å². The zero-order chi connectivity index (χ0) is 11.7. The molecule has 17 heavy (non-hydrogen) atoms. The summed E-state index contributed by atoms with van der Waals surface area (Å²) < 4.78 is 0. The molecular formula is C13H21N3S. The summed E-state index contributed by atoms with van der Waals surface area (Å²) in [5.74, 6) is 0. The second-order valence-electron chi connectivity index (χ2n) is 5.24. The van der Waals surface area contributed by atoms with E-state index in [0.29, 0.717) is 0 Å². The van der Waals surface area contributed by atoms with Crippen LogP contribution in [-0.2, 0) is 6.42 Å². The molecule has 1 unspecified atom stereocenters. The van der Waals surface area contributed by atoms with Crippen molar-refractivity contribution in [1.29, 1.82) is 0 Å². The molecule has 0 bridgehead atoms. The summed E-state index contributed by atoms with van der Waals surface area (Å²) in [5, 5.41) is 3.40. The van der Waals surface area contributed by atoms with E-state index in [2.05, 4.69) is 27.1 Å². The molecule has 0 aromatic carbocycles. The molecule has 94 valence electrons. The van der Waals surface area contributed by atoms with E-state index in [4.69, 9.17) is 0 Å². The van der Waals surface area contributed by atoms with Gasteiger partial charge in [-0.2, -0.15) is 0 Å². The normalized spacial score (nSPS) is 26.3. The largest absolute Gasteiger partial charge is 0.300 e. The summed E-state index contributed by atoms with van der Waals surface area (Å²) in [5.41, 5.74) is 1.28. The third kappa shape index (κ3) is 2.69. The van der Waals surface area contributed by atoms with Gasteiger partial charge in [0, 0.05) is 44.0 Å². The number of aryl methyl sites for hydroxylation is 1. The molecule has 3 heterocycles. The minimum atomic E-state index is 0.848. The number of hydrogen-bond donors (Lipinski definition) is 0. The highest BCUT2D eigenvalue weighted by atomic mass is 32.1. The van der Waals surface area contributed by atoms with Crippen molar-refractivity contribution < 1.29 is 0 Å². The molecule has 1 aromatic heterocycles. The van der Waals surface area contributed by atoms with Crippen molar-refractivity contribution in [3.63, 3.8) is 0 Å². The van der Waals surface area contributed by atoms with E-state index in [1.807, 2.05) is 0 Å². The first kappa shape index (κ1) is 11.6. The van der Waals surface area contributed by atoms with Gasteiger partial charge in [-0.25, -0.2) is 4.98 Å². The molecule has 4 heteroatoms. The van der Waals surface area contributed by atoms with Crippen LogP contribution in [0.25, 0.3) is 0 Å². The Bertz CT molecular complexity index is 376. The number of piperazine rings is 1. The minimum absolute atomic E-state index is 0.848. The lowest BCUT2D eigenvalue weighted by Gasteiger charge is -2.37. The smallest absolute Gasteiger partial charge is 0.0897 e. The van der Waals surface area contributed by atoms with Crippen LogP contribution < -0.4 is 0 Å². The second kappa shape index (κ2) is 5.04. The number of rotatable bonds is 3. The average molecular weight is 251 g/mol. The highest BCUT2D eigenvalue weighted by Gasteiger charge is 2.30. The van der Waals surface area contributed by atoms with Crippen LogP contribution in [-0.4, -0.2) is 53.5 Å². The fourth-order valence-corrected chi connectivity index (χ4v) is 3.70. The maximum atomic E-state index is 4.54. The summed E-state index contributed by atoms with van der Waals surface area (Å²) in [6, 6.07) is 0.848. The predicted molar refractivity (Wildman–Crippen MR) is 71.6 cm³/mol. The lowest BCUT2D eigenvalue weighted by Crippen LogP contribution is -2.50. The highest BCUT2D eigenvalue weighted by Crippen LogP contribution is 2.21. The van der Waals surface area contributed by atoms with Crippen molar-refractivity contribution in [2.24, 2.45) is 0 Å². The molecule has 2 fully saturated rings. The topological polar surface area (TPSA) is 19.4 Å². The monoisotopic (exact) mass is 251 g/mol. The molecule has 2 aliphatic rings. The lowest BCUT2D eigenvalue weighted by molar-refractivity contribution is 0.105. The van der Waals surface area contributed by atoms with E-state index >= 15 is 0 Å². The summed E-state index contributed by atoms with van der Waals surface area (Å²) in [7, 11) is 0. The van der Waals surface area contributed by atoms with Gasteiger partial charge in [-0.15, -0.1) is 11.3 Å². The number of thiazole rings is 1. The van der Waals surface area contributed by atoms with E-state index in [1.54, 1.807) is 11.3 Å². The Morgan fingerprint density at radius 3 is 3.18 bits per heavy atom. The first-order chi connectivity index (χ1) is 8.31. The summed E-state index contributed by atoms with van der Waals surface area (Å²) in [4.78, 5) is 9.84. The van der Waals surface area contributed by atoms with Gasteiger partial charge < -0.3 is 4.90 Å². The molecule has 1 atom stereocenters. The Morgan fingerprint density at radius 2 is 2.35 bits per heavy atom. The van der Waals surface area contributed by atoms with Crippen molar-refractivity contribution in [3.05, 3.63) is 16.1 Å². The zero-order valence-electron chi connectivity index (χ0n) is 10.6. The van der Waals surface area contributed by atoms with Crippen LogP contribution in [0.4, 0.5) is 0 Å². The Hall–Kier alpha value is -0.450. The van der Waals surface area contributed by atoms with Crippen LogP contribution in [0.1, 0.15) is 23.5 Å². The molecule has 0 aliphatic carbocycles. The van der Waals surface area contributed by atoms with Crippen molar-refractivity contribution >= 4 is 11.3 Å². The summed E-state index contributed by atoms with van der Waals surface area (Å²) >= 11 is 1.77. The van der Waals surface area contributed by atoms with Crippen molar-refractivity contribution in [2.45, 2.75) is 32.2 Å². The van der Waals surface area contributed by atoms with E-state index < -0.39 is 0 Å². The van der Waals surface area contributed by atoms with Crippen molar-refractivity contribution in [3.8, 4) is 0 Å². The molecule has 1 aromatic rings. The maximum absolute atomic E-state index is 4.54. The van der Waals surface area contributed by atoms with Crippen LogP contribution in [0.15, 0.2) is 5.38 Å². The van der Waals surface area contributed by atoms with Gasteiger partial charge in [-0.1, -0.05) is 0 Å². The third-order valence-electron chi connectivity index (χ3n) is 4.02. The fourth-order valence-electron chi connectivity index (χ4n) is 3.05. The summed E-state index contributed by atoms with van der Waals surface area (Å²) in [6.45, 7) is 8.42. The molecule has 2 aliphatic heterocycles. The molecule has 3 nitrogen and oxygen atoms in total. The Labute approximate surface area is 107 Å². The minimum Gasteiger partial charge on any atom is -0.300 e. The van der Waals surface area contributed by atoms with E-state index in [-0.39, 0.29) is 0 Å². The number of fused-ring (bicyclic) bond motifs is 1. The number of hydrogen-bond acceptors (Lipinski definition) is 4. The SMILES string of the molecule is Cc1nc(CCN2CCN3CCCC3C2)cs1. The standard InChI is InChI=1S/C13H21N3S/c1-11-14-12(10-17-11)4-6-15-7-8-16-5-2-3-13(16)9-15/h10,13H,2-9H2,1H3. The summed E-state index contributed by atoms with van der Waals surface area (Å²) in [6.07, 6.45) is 3.94.